The molecule has 1 aliphatic rings. The Morgan fingerprint density at radius 3 is 2.60 bits per heavy atom. The first-order valence-electron chi connectivity index (χ1n) is 4.83. The van der Waals surface area contributed by atoms with Crippen molar-refractivity contribution in [3.8, 4) is 0 Å². The Hall–Kier alpha value is -1.03. The second kappa shape index (κ2) is 5.16. The van der Waals surface area contributed by atoms with Gasteiger partial charge in [-0.05, 0) is 19.3 Å². The monoisotopic (exact) mass is 226 g/mol. The third-order valence-corrected chi connectivity index (χ3v) is 3.21. The van der Waals surface area contributed by atoms with Crippen LogP contribution >= 0.6 is 11.8 Å². The summed E-state index contributed by atoms with van der Waals surface area (Å²) < 4.78 is 4.15. The standard InChI is InChI=1S/C11H14O3S/c1-3-7-15-11(5-6-11)9(12)8-10(13)14-4-2/h3,5-7H,4,8H2,1-2H3/b7-3-. The van der Waals surface area contributed by atoms with Crippen LogP contribution in [0.15, 0.2) is 23.6 Å². The Bertz CT molecular complexity index is 312. The maximum Gasteiger partial charge on any atom is 0.313 e. The fraction of sp³-hybridized carbons (Fsp3) is 0.455. The highest BCUT2D eigenvalue weighted by Gasteiger charge is 2.42. The van der Waals surface area contributed by atoms with Crippen LogP contribution in [0, 0.1) is 0 Å². The van der Waals surface area contributed by atoms with Crippen LogP contribution in [0.1, 0.15) is 20.3 Å². The average Bonchev–Trinajstić information content (AvgIpc) is 2.96. The van der Waals surface area contributed by atoms with Gasteiger partial charge in [0.1, 0.15) is 11.2 Å². The predicted octanol–water partition coefficient (Wildman–Crippen LogP) is 2.08. The number of rotatable bonds is 6. The van der Waals surface area contributed by atoms with E-state index < -0.39 is 10.7 Å². The van der Waals surface area contributed by atoms with E-state index in [0.717, 1.165) is 0 Å². The van der Waals surface area contributed by atoms with E-state index in [4.69, 9.17) is 4.74 Å². The highest BCUT2D eigenvalue weighted by molar-refractivity contribution is 8.04. The van der Waals surface area contributed by atoms with Crippen molar-refractivity contribution < 1.29 is 14.3 Å². The van der Waals surface area contributed by atoms with Gasteiger partial charge in [-0.2, -0.15) is 0 Å². The third kappa shape index (κ3) is 3.23. The fourth-order valence-corrected chi connectivity index (χ4v) is 1.86. The molecule has 1 aliphatic carbocycles. The van der Waals surface area contributed by atoms with E-state index in [1.807, 2.05) is 18.4 Å². The van der Waals surface area contributed by atoms with Crippen LogP contribution in [0.5, 0.6) is 0 Å². The first-order valence-corrected chi connectivity index (χ1v) is 5.71. The van der Waals surface area contributed by atoms with E-state index in [-0.39, 0.29) is 12.2 Å². The molecule has 0 bridgehead atoms. The maximum atomic E-state index is 11.7. The zero-order valence-corrected chi connectivity index (χ0v) is 9.67. The topological polar surface area (TPSA) is 43.4 Å². The van der Waals surface area contributed by atoms with Gasteiger partial charge in [-0.15, -0.1) is 11.8 Å². The van der Waals surface area contributed by atoms with Crippen molar-refractivity contribution in [1.29, 1.82) is 0 Å². The molecule has 0 saturated heterocycles. The van der Waals surface area contributed by atoms with Gasteiger partial charge < -0.3 is 4.74 Å². The molecule has 0 aromatic carbocycles. The molecule has 15 heavy (non-hydrogen) atoms. The molecule has 3 nitrogen and oxygen atoms in total. The largest absolute Gasteiger partial charge is 0.466 e. The van der Waals surface area contributed by atoms with Crippen molar-refractivity contribution in [1.82, 2.24) is 0 Å². The van der Waals surface area contributed by atoms with Gasteiger partial charge in [0.15, 0.2) is 5.78 Å². The molecular formula is C11H14O3S. The quantitative estimate of drug-likeness (QED) is 0.395. The first kappa shape index (κ1) is 12.0. The van der Waals surface area contributed by atoms with Gasteiger partial charge in [-0.3, -0.25) is 9.59 Å². The molecule has 0 aliphatic heterocycles. The van der Waals surface area contributed by atoms with Crippen molar-refractivity contribution in [2.45, 2.75) is 25.0 Å². The Balaban J connectivity index is 2.43. The number of ether oxygens (including phenoxy) is 1. The minimum Gasteiger partial charge on any atom is -0.466 e. The van der Waals surface area contributed by atoms with Crippen LogP contribution in [0.3, 0.4) is 0 Å². The summed E-state index contributed by atoms with van der Waals surface area (Å²) in [5.41, 5.74) is 0. The molecule has 82 valence electrons. The number of carbonyl (C=O) groups excluding carboxylic acids is 2. The van der Waals surface area contributed by atoms with Crippen molar-refractivity contribution >= 4 is 23.5 Å². The van der Waals surface area contributed by atoms with Crippen molar-refractivity contribution in [2.24, 2.45) is 0 Å². The van der Waals surface area contributed by atoms with Crippen molar-refractivity contribution in [3.05, 3.63) is 23.6 Å². The van der Waals surface area contributed by atoms with E-state index in [9.17, 15) is 9.59 Å². The third-order valence-electron chi connectivity index (χ3n) is 1.91. The van der Waals surface area contributed by atoms with Crippen LogP contribution in [-0.4, -0.2) is 23.1 Å². The molecule has 0 saturated carbocycles. The molecular weight excluding hydrogens is 212 g/mol. The summed E-state index contributed by atoms with van der Waals surface area (Å²) in [6, 6.07) is 0. The lowest BCUT2D eigenvalue weighted by Crippen LogP contribution is -2.24. The number of esters is 1. The van der Waals surface area contributed by atoms with Gasteiger partial charge in [0.2, 0.25) is 0 Å². The lowest BCUT2D eigenvalue weighted by Gasteiger charge is -2.10. The molecule has 0 amide bonds. The Kier molecular flexibility index (Phi) is 4.15. The summed E-state index contributed by atoms with van der Waals surface area (Å²) >= 11 is 1.41. The van der Waals surface area contributed by atoms with E-state index >= 15 is 0 Å². The normalized spacial score (nSPS) is 16.7. The minimum absolute atomic E-state index is 0.107. The Morgan fingerprint density at radius 1 is 1.47 bits per heavy atom. The predicted molar refractivity (Wildman–Crippen MR) is 60.5 cm³/mol. The Morgan fingerprint density at radius 2 is 2.13 bits per heavy atom. The molecule has 0 aromatic rings. The van der Waals surface area contributed by atoms with Crippen LogP contribution in [0.25, 0.3) is 0 Å². The average molecular weight is 226 g/mol. The number of hydrogen-bond acceptors (Lipinski definition) is 4. The molecule has 0 atom stereocenters. The SMILES string of the molecule is C/C=C\SC1(C(=O)CC(=O)OCC)C=C1. The minimum atomic E-state index is -0.570. The summed E-state index contributed by atoms with van der Waals surface area (Å²) in [5, 5.41) is 1.85. The number of carbonyl (C=O) groups is 2. The molecule has 4 heteroatoms. The van der Waals surface area contributed by atoms with E-state index in [0.29, 0.717) is 6.61 Å². The number of ketones is 1. The van der Waals surface area contributed by atoms with Gasteiger partial charge in [0, 0.05) is 0 Å². The van der Waals surface area contributed by atoms with Gasteiger partial charge in [0.25, 0.3) is 0 Å². The van der Waals surface area contributed by atoms with E-state index in [1.165, 1.54) is 11.8 Å². The molecule has 0 radical (unpaired) electrons. The summed E-state index contributed by atoms with van der Waals surface area (Å²) in [6.07, 6.45) is 5.33. The van der Waals surface area contributed by atoms with Gasteiger partial charge in [0.05, 0.1) is 6.61 Å². The van der Waals surface area contributed by atoms with Gasteiger partial charge >= 0.3 is 5.97 Å². The smallest absolute Gasteiger partial charge is 0.313 e. The number of hydrogen-bond donors (Lipinski definition) is 0. The summed E-state index contributed by atoms with van der Waals surface area (Å²) in [7, 11) is 0. The highest BCUT2D eigenvalue weighted by atomic mass is 32.2. The molecule has 0 aromatic heterocycles. The molecule has 0 spiro atoms. The molecule has 0 unspecified atom stereocenters. The van der Waals surface area contributed by atoms with E-state index in [1.54, 1.807) is 19.1 Å². The summed E-state index contributed by atoms with van der Waals surface area (Å²) in [4.78, 5) is 22.8. The van der Waals surface area contributed by atoms with Crippen molar-refractivity contribution in [3.63, 3.8) is 0 Å². The molecule has 0 N–H and O–H groups in total. The number of allylic oxidation sites excluding steroid dienone is 1. The van der Waals surface area contributed by atoms with Crippen LogP contribution < -0.4 is 0 Å². The highest BCUT2D eigenvalue weighted by Crippen LogP contribution is 2.41. The lowest BCUT2D eigenvalue weighted by molar-refractivity contribution is -0.145. The van der Waals surface area contributed by atoms with Crippen molar-refractivity contribution in [2.75, 3.05) is 6.61 Å². The number of thioether (sulfide) groups is 1. The number of Topliss-reactive ketones (excluding diaryl/α,β-unsaturated/α-hetero) is 1. The summed E-state index contributed by atoms with van der Waals surface area (Å²) in [6.45, 7) is 3.93. The Labute approximate surface area is 93.6 Å². The zero-order valence-electron chi connectivity index (χ0n) is 8.86. The van der Waals surface area contributed by atoms with Gasteiger partial charge in [-0.25, -0.2) is 0 Å². The second-order valence-corrected chi connectivity index (χ2v) is 4.30. The van der Waals surface area contributed by atoms with Gasteiger partial charge in [-0.1, -0.05) is 18.2 Å². The maximum absolute atomic E-state index is 11.7. The lowest BCUT2D eigenvalue weighted by atomic mass is 10.1. The van der Waals surface area contributed by atoms with E-state index in [2.05, 4.69) is 0 Å². The fourth-order valence-electron chi connectivity index (χ4n) is 1.07. The summed E-state index contributed by atoms with van der Waals surface area (Å²) in [5.74, 6) is -0.555. The molecule has 0 fully saturated rings. The molecule has 0 heterocycles. The first-order chi connectivity index (χ1) is 7.14. The van der Waals surface area contributed by atoms with Crippen LogP contribution in [0.4, 0.5) is 0 Å². The van der Waals surface area contributed by atoms with Crippen LogP contribution in [0.2, 0.25) is 0 Å². The zero-order chi connectivity index (χ0) is 11.3. The second-order valence-electron chi connectivity index (χ2n) is 3.12. The molecule has 1 rings (SSSR count). The van der Waals surface area contributed by atoms with Crippen LogP contribution in [-0.2, 0) is 14.3 Å².